The van der Waals surface area contributed by atoms with Gasteiger partial charge in [0.1, 0.15) is 0 Å². The number of fused-ring (bicyclic) bond motifs is 1. The van der Waals surface area contributed by atoms with Crippen LogP contribution in [0.3, 0.4) is 0 Å². The van der Waals surface area contributed by atoms with Crippen LogP contribution >= 0.6 is 11.3 Å². The van der Waals surface area contributed by atoms with E-state index in [4.69, 9.17) is 0 Å². The predicted octanol–water partition coefficient (Wildman–Crippen LogP) is 4.38. The molecule has 1 N–H and O–H groups in total. The van der Waals surface area contributed by atoms with E-state index in [-0.39, 0.29) is 5.91 Å². The fourth-order valence-corrected chi connectivity index (χ4v) is 6.73. The normalized spacial score (nSPS) is 19.3. The Morgan fingerprint density at radius 1 is 1.14 bits per heavy atom. The molecule has 2 heterocycles. The molecule has 2 aromatic rings. The highest BCUT2D eigenvalue weighted by molar-refractivity contribution is 7.89. The molecule has 2 aliphatic rings. The molecular weight excluding hydrogens is 394 g/mol. The zero-order chi connectivity index (χ0) is 19.6. The maximum atomic E-state index is 12.7. The number of anilines is 1. The van der Waals surface area contributed by atoms with Crippen molar-refractivity contribution in [1.82, 2.24) is 9.29 Å². The lowest BCUT2D eigenvalue weighted by molar-refractivity contribution is -0.116. The van der Waals surface area contributed by atoms with E-state index in [1.165, 1.54) is 43.4 Å². The predicted molar refractivity (Wildman–Crippen MR) is 112 cm³/mol. The van der Waals surface area contributed by atoms with E-state index in [2.05, 4.69) is 10.3 Å². The first kappa shape index (κ1) is 19.8. The Kier molecular flexibility index (Phi) is 5.99. The molecule has 152 valence electrons. The van der Waals surface area contributed by atoms with Crippen molar-refractivity contribution >= 4 is 42.6 Å². The largest absolute Gasteiger partial charge is 0.302 e. The molecule has 2 fully saturated rings. The smallest absolute Gasteiger partial charge is 0.243 e. The Bertz CT molecular complexity index is 943. The van der Waals surface area contributed by atoms with Crippen molar-refractivity contribution in [2.24, 2.45) is 5.92 Å². The van der Waals surface area contributed by atoms with Crippen molar-refractivity contribution in [3.8, 4) is 0 Å². The van der Waals surface area contributed by atoms with Gasteiger partial charge in [-0.25, -0.2) is 13.4 Å². The summed E-state index contributed by atoms with van der Waals surface area (Å²) >= 11 is 1.33. The van der Waals surface area contributed by atoms with Crippen LogP contribution in [0.5, 0.6) is 0 Å². The molecule has 1 aromatic carbocycles. The fourth-order valence-electron chi connectivity index (χ4n) is 4.19. The van der Waals surface area contributed by atoms with Gasteiger partial charge >= 0.3 is 0 Å². The minimum atomic E-state index is -3.44. The summed E-state index contributed by atoms with van der Waals surface area (Å²) in [5, 5.41) is 3.43. The first-order valence-electron chi connectivity index (χ1n) is 10.2. The molecule has 28 heavy (non-hydrogen) atoms. The van der Waals surface area contributed by atoms with E-state index in [9.17, 15) is 13.2 Å². The van der Waals surface area contributed by atoms with Crippen molar-refractivity contribution in [3.05, 3.63) is 18.2 Å². The number of carbonyl (C=O) groups excluding carboxylic acids is 1. The molecule has 1 aliphatic carbocycles. The van der Waals surface area contributed by atoms with Gasteiger partial charge < -0.3 is 5.32 Å². The number of sulfonamides is 1. The van der Waals surface area contributed by atoms with E-state index in [1.807, 2.05) is 0 Å². The maximum Gasteiger partial charge on any atom is 0.243 e. The number of rotatable bonds is 6. The quantitative estimate of drug-likeness (QED) is 0.751. The van der Waals surface area contributed by atoms with Crippen LogP contribution in [0, 0.1) is 5.92 Å². The van der Waals surface area contributed by atoms with Gasteiger partial charge in [0.2, 0.25) is 15.9 Å². The summed E-state index contributed by atoms with van der Waals surface area (Å²) in [5.74, 6) is 0.669. The Balaban J connectivity index is 1.42. The topological polar surface area (TPSA) is 79.4 Å². The number of thiazole rings is 1. The lowest BCUT2D eigenvalue weighted by Gasteiger charge is -2.20. The van der Waals surface area contributed by atoms with Crippen LogP contribution in [-0.2, 0) is 14.8 Å². The summed E-state index contributed by atoms with van der Waals surface area (Å²) in [6.07, 6.45) is 9.66. The SMILES string of the molecule is O=C(CCC1CCCCC1)Nc1nc2ccc(S(=O)(=O)N3CCCC3)cc2s1. The molecule has 0 spiro atoms. The number of aromatic nitrogens is 1. The average molecular weight is 422 g/mol. The summed E-state index contributed by atoms with van der Waals surface area (Å²) < 4.78 is 27.8. The van der Waals surface area contributed by atoms with Crippen LogP contribution in [0.25, 0.3) is 10.2 Å². The lowest BCUT2D eigenvalue weighted by Crippen LogP contribution is -2.27. The number of benzene rings is 1. The standard InChI is InChI=1S/C20H27N3O3S2/c24-19(11-8-15-6-2-1-3-7-15)22-20-21-17-10-9-16(14-18(17)27-20)28(25,26)23-12-4-5-13-23/h9-10,14-15H,1-8,11-13H2,(H,21,22,24). The number of nitrogens with one attached hydrogen (secondary N) is 1. The van der Waals surface area contributed by atoms with Gasteiger partial charge in [-0.2, -0.15) is 4.31 Å². The number of carbonyl (C=O) groups is 1. The van der Waals surface area contributed by atoms with E-state index < -0.39 is 10.0 Å². The Morgan fingerprint density at radius 2 is 1.89 bits per heavy atom. The van der Waals surface area contributed by atoms with Gasteiger partial charge in [0.25, 0.3) is 0 Å². The summed E-state index contributed by atoms with van der Waals surface area (Å²) in [6.45, 7) is 1.18. The van der Waals surface area contributed by atoms with Gasteiger partial charge in [-0.15, -0.1) is 0 Å². The van der Waals surface area contributed by atoms with Gasteiger partial charge in [-0.3, -0.25) is 4.79 Å². The second kappa shape index (κ2) is 8.47. The van der Waals surface area contributed by atoms with Crippen LogP contribution in [0.4, 0.5) is 5.13 Å². The van der Waals surface area contributed by atoms with Crippen LogP contribution in [0.2, 0.25) is 0 Å². The molecule has 1 saturated heterocycles. The van der Waals surface area contributed by atoms with Gasteiger partial charge in [-0.05, 0) is 43.4 Å². The maximum absolute atomic E-state index is 12.7. The number of nitrogens with zero attached hydrogens (tertiary/aromatic N) is 2. The highest BCUT2D eigenvalue weighted by Crippen LogP contribution is 2.31. The second-order valence-electron chi connectivity index (χ2n) is 7.85. The Morgan fingerprint density at radius 3 is 2.64 bits per heavy atom. The molecule has 0 atom stereocenters. The van der Waals surface area contributed by atoms with Gasteiger partial charge in [0, 0.05) is 19.5 Å². The van der Waals surface area contributed by atoms with Gasteiger partial charge in [-0.1, -0.05) is 43.4 Å². The number of hydrogen-bond acceptors (Lipinski definition) is 5. The minimum absolute atomic E-state index is 0.00505. The van der Waals surface area contributed by atoms with E-state index in [1.54, 1.807) is 22.5 Å². The third-order valence-electron chi connectivity index (χ3n) is 5.81. The molecule has 8 heteroatoms. The molecule has 1 aliphatic heterocycles. The van der Waals surface area contributed by atoms with Crippen LogP contribution in [-0.4, -0.2) is 36.7 Å². The average Bonchev–Trinajstić information content (AvgIpc) is 3.36. The van der Waals surface area contributed by atoms with Gasteiger partial charge in [0.05, 0.1) is 15.1 Å². The molecule has 1 aromatic heterocycles. The third kappa shape index (κ3) is 4.39. The fraction of sp³-hybridized carbons (Fsp3) is 0.600. The molecular formula is C20H27N3O3S2. The van der Waals surface area contributed by atoms with Crippen LogP contribution < -0.4 is 5.32 Å². The molecule has 4 rings (SSSR count). The van der Waals surface area contributed by atoms with E-state index in [0.29, 0.717) is 41.0 Å². The van der Waals surface area contributed by atoms with Crippen molar-refractivity contribution < 1.29 is 13.2 Å². The monoisotopic (exact) mass is 421 g/mol. The molecule has 0 bridgehead atoms. The second-order valence-corrected chi connectivity index (χ2v) is 10.8. The minimum Gasteiger partial charge on any atom is -0.302 e. The Hall–Kier alpha value is -1.51. The zero-order valence-electron chi connectivity index (χ0n) is 16.0. The summed E-state index contributed by atoms with van der Waals surface area (Å²) in [4.78, 5) is 17.0. The highest BCUT2D eigenvalue weighted by atomic mass is 32.2. The van der Waals surface area contributed by atoms with Gasteiger partial charge in [0.15, 0.2) is 5.13 Å². The zero-order valence-corrected chi connectivity index (χ0v) is 17.7. The first-order chi connectivity index (χ1) is 13.5. The number of amides is 1. The molecule has 1 amide bonds. The third-order valence-corrected chi connectivity index (χ3v) is 8.64. The van der Waals surface area contributed by atoms with E-state index in [0.717, 1.165) is 24.0 Å². The summed E-state index contributed by atoms with van der Waals surface area (Å²) in [5.41, 5.74) is 0.716. The summed E-state index contributed by atoms with van der Waals surface area (Å²) in [6, 6.07) is 5.02. The van der Waals surface area contributed by atoms with Crippen molar-refractivity contribution in [2.75, 3.05) is 18.4 Å². The van der Waals surface area contributed by atoms with Crippen LogP contribution in [0.15, 0.2) is 23.1 Å². The molecule has 0 unspecified atom stereocenters. The summed E-state index contributed by atoms with van der Waals surface area (Å²) in [7, 11) is -3.44. The molecule has 1 saturated carbocycles. The highest BCUT2D eigenvalue weighted by Gasteiger charge is 2.27. The molecule has 0 radical (unpaired) electrons. The van der Waals surface area contributed by atoms with Crippen molar-refractivity contribution in [2.45, 2.75) is 62.7 Å². The molecule has 6 nitrogen and oxygen atoms in total. The van der Waals surface area contributed by atoms with Crippen molar-refractivity contribution in [1.29, 1.82) is 0 Å². The first-order valence-corrected chi connectivity index (χ1v) is 12.5. The lowest BCUT2D eigenvalue weighted by atomic mass is 9.86. The number of hydrogen-bond donors (Lipinski definition) is 1. The van der Waals surface area contributed by atoms with Crippen LogP contribution in [0.1, 0.15) is 57.8 Å². The van der Waals surface area contributed by atoms with Crippen molar-refractivity contribution in [3.63, 3.8) is 0 Å². The van der Waals surface area contributed by atoms with E-state index >= 15 is 0 Å². The Labute approximate surface area is 170 Å².